The van der Waals surface area contributed by atoms with Gasteiger partial charge in [0, 0.05) is 44.8 Å². The maximum Gasteiger partial charge on any atom is 0.0555 e. The van der Waals surface area contributed by atoms with Gasteiger partial charge < -0.3 is 26.4 Å². The molecular weight excluding hydrogens is 348 g/mol. The van der Waals surface area contributed by atoms with Crippen molar-refractivity contribution in [3.05, 3.63) is 71.8 Å². The van der Waals surface area contributed by atoms with Crippen molar-refractivity contribution < 1.29 is 5.11 Å². The van der Waals surface area contributed by atoms with E-state index in [1.54, 1.807) is 0 Å². The zero-order valence-corrected chi connectivity index (χ0v) is 17.0. The zero-order valence-electron chi connectivity index (χ0n) is 17.0. The molecule has 28 heavy (non-hydrogen) atoms. The summed E-state index contributed by atoms with van der Waals surface area (Å²) in [6, 6.07) is 21.9. The number of rotatable bonds is 15. The minimum atomic E-state index is 0.173. The van der Waals surface area contributed by atoms with Crippen LogP contribution in [0.25, 0.3) is 0 Å². The average Bonchev–Trinajstić information content (AvgIpc) is 2.74. The Kier molecular flexibility index (Phi) is 11.5. The number of likely N-dealkylation sites (N-methyl/N-ethyl adjacent to an activating group) is 1. The Morgan fingerprint density at radius 3 is 1.82 bits per heavy atom. The molecule has 0 fully saturated rings. The molecular formula is C23H36N4O. The molecule has 0 heterocycles. The van der Waals surface area contributed by atoms with Crippen molar-refractivity contribution in [3.63, 3.8) is 0 Å². The number of hydrogen-bond donors (Lipinski definition) is 5. The van der Waals surface area contributed by atoms with Gasteiger partial charge in [-0.15, -0.1) is 0 Å². The van der Waals surface area contributed by atoms with Gasteiger partial charge >= 0.3 is 0 Å². The minimum Gasteiger partial charge on any atom is -0.395 e. The summed E-state index contributed by atoms with van der Waals surface area (Å²) in [6.07, 6.45) is 2.01. The Hall–Kier alpha value is -1.76. The van der Waals surface area contributed by atoms with Crippen molar-refractivity contribution in [1.29, 1.82) is 0 Å². The van der Waals surface area contributed by atoms with Crippen LogP contribution in [0.15, 0.2) is 60.7 Å². The van der Waals surface area contributed by atoms with Crippen molar-refractivity contribution in [2.24, 2.45) is 0 Å². The van der Waals surface area contributed by atoms with Gasteiger partial charge in [-0.25, -0.2) is 0 Å². The molecule has 5 heteroatoms. The molecule has 0 spiro atoms. The van der Waals surface area contributed by atoms with Gasteiger partial charge in [-0.3, -0.25) is 0 Å². The first kappa shape index (κ1) is 22.5. The molecule has 0 amide bonds. The molecule has 2 rings (SSSR count). The van der Waals surface area contributed by atoms with Crippen LogP contribution < -0.4 is 21.3 Å². The van der Waals surface area contributed by atoms with Crippen LogP contribution in [0.1, 0.15) is 11.1 Å². The Labute approximate surface area is 169 Å². The second kappa shape index (κ2) is 14.3. The highest BCUT2D eigenvalue weighted by atomic mass is 16.3. The summed E-state index contributed by atoms with van der Waals surface area (Å²) >= 11 is 0. The normalized spacial score (nSPS) is 13.4. The van der Waals surface area contributed by atoms with Crippen LogP contribution in [0.5, 0.6) is 0 Å². The van der Waals surface area contributed by atoms with E-state index in [9.17, 15) is 0 Å². The van der Waals surface area contributed by atoms with Crippen LogP contribution in [0.2, 0.25) is 0 Å². The maximum atomic E-state index is 9.00. The molecule has 0 saturated carbocycles. The van der Waals surface area contributed by atoms with Crippen molar-refractivity contribution in [1.82, 2.24) is 21.3 Å². The van der Waals surface area contributed by atoms with E-state index in [0.717, 1.165) is 39.0 Å². The number of benzene rings is 2. The molecule has 0 unspecified atom stereocenters. The molecule has 154 valence electrons. The molecule has 0 radical (unpaired) electrons. The molecule has 0 aromatic heterocycles. The smallest absolute Gasteiger partial charge is 0.0555 e. The lowest BCUT2D eigenvalue weighted by Crippen LogP contribution is -2.45. The highest BCUT2D eigenvalue weighted by Gasteiger charge is 2.09. The van der Waals surface area contributed by atoms with E-state index in [1.165, 1.54) is 11.1 Å². The molecule has 0 bridgehead atoms. The fourth-order valence-corrected chi connectivity index (χ4v) is 3.29. The Bertz CT molecular complexity index is 609. The van der Waals surface area contributed by atoms with Gasteiger partial charge in [0.15, 0.2) is 0 Å². The van der Waals surface area contributed by atoms with Gasteiger partial charge in [-0.1, -0.05) is 60.7 Å². The van der Waals surface area contributed by atoms with Gasteiger partial charge in [-0.2, -0.15) is 0 Å². The molecule has 2 aromatic rings. The van der Waals surface area contributed by atoms with Crippen LogP contribution in [-0.2, 0) is 12.8 Å². The predicted molar refractivity (Wildman–Crippen MR) is 118 cm³/mol. The average molecular weight is 385 g/mol. The first-order chi connectivity index (χ1) is 13.8. The van der Waals surface area contributed by atoms with Crippen molar-refractivity contribution in [2.75, 3.05) is 46.4 Å². The Morgan fingerprint density at radius 2 is 1.25 bits per heavy atom. The lowest BCUT2D eigenvalue weighted by atomic mass is 10.1. The first-order valence-corrected chi connectivity index (χ1v) is 10.3. The number of aliphatic hydroxyl groups is 1. The molecule has 0 saturated heterocycles. The third-order valence-corrected chi connectivity index (χ3v) is 4.86. The fraction of sp³-hybridized carbons (Fsp3) is 0.478. The van der Waals surface area contributed by atoms with Gasteiger partial charge in [-0.05, 0) is 31.0 Å². The third kappa shape index (κ3) is 9.44. The summed E-state index contributed by atoms with van der Waals surface area (Å²) in [5.74, 6) is 0. The van der Waals surface area contributed by atoms with Crippen LogP contribution >= 0.6 is 0 Å². The number of nitrogens with one attached hydrogen (secondary N) is 4. The molecule has 0 aliphatic rings. The lowest BCUT2D eigenvalue weighted by molar-refractivity contribution is 0.289. The van der Waals surface area contributed by atoms with Gasteiger partial charge in [0.05, 0.1) is 6.61 Å². The lowest BCUT2D eigenvalue weighted by Gasteiger charge is -2.21. The second-order valence-corrected chi connectivity index (χ2v) is 7.15. The standard InChI is InChI=1S/C23H36N4O/c1-24-22(16-20-8-4-2-5-9-20)18-25-12-13-27-23(19-26-14-15-28)17-21-10-6-3-7-11-21/h2-11,22-28H,12-19H2,1H3/t22-,23-/m0/s1. The van der Waals surface area contributed by atoms with Crippen LogP contribution in [-0.4, -0.2) is 63.6 Å². The largest absolute Gasteiger partial charge is 0.395 e. The molecule has 5 nitrogen and oxygen atoms in total. The highest BCUT2D eigenvalue weighted by molar-refractivity contribution is 5.16. The van der Waals surface area contributed by atoms with E-state index in [2.05, 4.69) is 75.9 Å². The molecule has 2 atom stereocenters. The molecule has 5 N–H and O–H groups in total. The Balaban J connectivity index is 1.68. The van der Waals surface area contributed by atoms with Crippen LogP contribution in [0, 0.1) is 0 Å². The number of hydrogen-bond acceptors (Lipinski definition) is 5. The third-order valence-electron chi connectivity index (χ3n) is 4.86. The monoisotopic (exact) mass is 384 g/mol. The van der Waals surface area contributed by atoms with Crippen LogP contribution in [0.3, 0.4) is 0 Å². The minimum absolute atomic E-state index is 0.173. The van der Waals surface area contributed by atoms with Crippen LogP contribution in [0.4, 0.5) is 0 Å². The van der Waals surface area contributed by atoms with Gasteiger partial charge in [0.1, 0.15) is 0 Å². The van der Waals surface area contributed by atoms with E-state index in [4.69, 9.17) is 5.11 Å². The summed E-state index contributed by atoms with van der Waals surface area (Å²) in [6.45, 7) is 4.45. The molecule has 0 aliphatic heterocycles. The molecule has 2 aromatic carbocycles. The topological polar surface area (TPSA) is 68.3 Å². The van der Waals surface area contributed by atoms with Crippen molar-refractivity contribution in [3.8, 4) is 0 Å². The summed E-state index contributed by atoms with van der Waals surface area (Å²) in [5.41, 5.74) is 2.69. The van der Waals surface area contributed by atoms with E-state index >= 15 is 0 Å². The highest BCUT2D eigenvalue weighted by Crippen LogP contribution is 2.03. The van der Waals surface area contributed by atoms with E-state index in [-0.39, 0.29) is 6.61 Å². The summed E-state index contributed by atoms with van der Waals surface area (Å²) < 4.78 is 0. The fourth-order valence-electron chi connectivity index (χ4n) is 3.29. The van der Waals surface area contributed by atoms with E-state index < -0.39 is 0 Å². The van der Waals surface area contributed by atoms with Crippen molar-refractivity contribution >= 4 is 0 Å². The summed E-state index contributed by atoms with van der Waals surface area (Å²) in [5, 5.41) is 22.9. The quantitative estimate of drug-likeness (QED) is 0.299. The summed E-state index contributed by atoms with van der Waals surface area (Å²) in [4.78, 5) is 0. The second-order valence-electron chi connectivity index (χ2n) is 7.15. The van der Waals surface area contributed by atoms with Gasteiger partial charge in [0.2, 0.25) is 0 Å². The van der Waals surface area contributed by atoms with E-state index in [1.807, 2.05) is 13.1 Å². The maximum absolute atomic E-state index is 9.00. The SMILES string of the molecule is CN[C@H](CNCCN[C@H](CNCCO)Cc1ccccc1)Cc1ccccc1. The van der Waals surface area contributed by atoms with Gasteiger partial charge in [0.25, 0.3) is 0 Å². The zero-order chi connectivity index (χ0) is 19.9. The molecule has 0 aliphatic carbocycles. The summed E-state index contributed by atoms with van der Waals surface area (Å²) in [7, 11) is 2.02. The first-order valence-electron chi connectivity index (χ1n) is 10.3. The Morgan fingerprint density at radius 1 is 0.714 bits per heavy atom. The predicted octanol–water partition coefficient (Wildman–Crippen LogP) is 1.19. The number of aliphatic hydroxyl groups excluding tert-OH is 1. The van der Waals surface area contributed by atoms with Crippen molar-refractivity contribution in [2.45, 2.75) is 24.9 Å². The van der Waals surface area contributed by atoms with E-state index in [0.29, 0.717) is 18.6 Å².